The first kappa shape index (κ1) is 29.9. The van der Waals surface area contributed by atoms with E-state index in [1.807, 2.05) is 25.8 Å². The Morgan fingerprint density at radius 3 is 2.17 bits per heavy atom. The first-order chi connectivity index (χ1) is 19.0. The van der Waals surface area contributed by atoms with Gasteiger partial charge in [-0.25, -0.2) is 18.2 Å². The number of nitrogens with zero attached hydrogens (tertiary/aromatic N) is 5. The summed E-state index contributed by atoms with van der Waals surface area (Å²) in [6.07, 6.45) is -3.58. The lowest BCUT2D eigenvalue weighted by Crippen LogP contribution is -2.55. The number of carbonyl (C=O) groups is 1. The average Bonchev–Trinajstić information content (AvgIpc) is 2.86. The average molecular weight is 583 g/mol. The number of hydrogen-bond acceptors (Lipinski definition) is 6. The fourth-order valence-corrected chi connectivity index (χ4v) is 4.97. The van der Waals surface area contributed by atoms with Gasteiger partial charge in [-0.1, -0.05) is 0 Å². The number of rotatable bonds is 5. The number of benzene rings is 1. The number of alkyl halides is 3. The second kappa shape index (κ2) is 10.7. The summed E-state index contributed by atoms with van der Waals surface area (Å²) >= 11 is 0. The third-order valence-corrected chi connectivity index (χ3v) is 7.27. The van der Waals surface area contributed by atoms with Crippen LogP contribution < -0.4 is 21.1 Å². The van der Waals surface area contributed by atoms with E-state index in [1.54, 1.807) is 4.90 Å². The number of primary amides is 1. The highest BCUT2D eigenvalue weighted by Gasteiger charge is 2.37. The van der Waals surface area contributed by atoms with E-state index in [-0.39, 0.29) is 48.3 Å². The van der Waals surface area contributed by atoms with Gasteiger partial charge in [0.2, 0.25) is 0 Å². The minimum atomic E-state index is -5.11. The van der Waals surface area contributed by atoms with Gasteiger partial charge in [0.25, 0.3) is 11.5 Å². The topological polar surface area (TPSA) is 87.7 Å². The van der Waals surface area contributed by atoms with Crippen LogP contribution in [0.1, 0.15) is 29.8 Å². The molecule has 2 N–H and O–H groups in total. The molecule has 0 radical (unpaired) electrons. The highest BCUT2D eigenvalue weighted by Crippen LogP contribution is 2.39. The van der Waals surface area contributed by atoms with Crippen molar-refractivity contribution in [3.8, 4) is 16.8 Å². The summed E-state index contributed by atoms with van der Waals surface area (Å²) in [5.41, 5.74) is -0.668. The van der Waals surface area contributed by atoms with Crippen LogP contribution in [0.2, 0.25) is 0 Å². The maximum absolute atomic E-state index is 16.5. The number of pyridine rings is 2. The zero-order valence-electron chi connectivity index (χ0n) is 22.9. The Morgan fingerprint density at radius 2 is 1.66 bits per heavy atom. The van der Waals surface area contributed by atoms with Gasteiger partial charge in [0.15, 0.2) is 17.5 Å². The summed E-state index contributed by atoms with van der Waals surface area (Å²) in [6.45, 7) is 4.25. The quantitative estimate of drug-likeness (QED) is 0.458. The standard InChI is InChI=1S/C27H28F6N6O2/c1-13-10-38(11-14(2)37(13)5)20-8-18(28)22(15-6-19(29)26(35-9-15)36(3)4)23(30)24(20)39-12-16(25(34)41)17(7-21(39)40)27(31,32)33/h6-9,12-14H,10-11H2,1-5H3,(H2,34,41)/t13-,14+. The fourth-order valence-electron chi connectivity index (χ4n) is 4.97. The van der Waals surface area contributed by atoms with Gasteiger partial charge in [-0.15, -0.1) is 0 Å². The van der Waals surface area contributed by atoms with Crippen molar-refractivity contribution in [3.63, 3.8) is 0 Å². The van der Waals surface area contributed by atoms with Crippen LogP contribution in [-0.2, 0) is 6.18 Å². The predicted molar refractivity (Wildman–Crippen MR) is 142 cm³/mol. The van der Waals surface area contributed by atoms with Crippen LogP contribution in [0.4, 0.5) is 37.8 Å². The number of likely N-dealkylation sites (N-methyl/N-ethyl adjacent to an activating group) is 1. The van der Waals surface area contributed by atoms with E-state index in [4.69, 9.17) is 5.73 Å². The zero-order chi connectivity index (χ0) is 30.5. The number of carbonyl (C=O) groups excluding carboxylic acids is 1. The van der Waals surface area contributed by atoms with Gasteiger partial charge >= 0.3 is 6.18 Å². The van der Waals surface area contributed by atoms with Crippen molar-refractivity contribution in [2.75, 3.05) is 44.0 Å². The lowest BCUT2D eigenvalue weighted by molar-refractivity contribution is -0.138. The monoisotopic (exact) mass is 582 g/mol. The third-order valence-electron chi connectivity index (χ3n) is 7.27. The summed E-state index contributed by atoms with van der Waals surface area (Å²) < 4.78 is 88.3. The summed E-state index contributed by atoms with van der Waals surface area (Å²) in [5.74, 6) is -4.98. The number of halogens is 6. The SMILES string of the molecule is C[C@@H]1CN(c2cc(F)c(-c3cnc(N(C)C)c(F)c3)c(F)c2-n2cc(C(N)=O)c(C(F)(F)F)cc2=O)C[C@H](C)N1C. The van der Waals surface area contributed by atoms with Crippen molar-refractivity contribution in [2.45, 2.75) is 32.1 Å². The molecule has 3 aromatic rings. The van der Waals surface area contributed by atoms with Crippen LogP contribution in [0.5, 0.6) is 0 Å². The molecule has 4 rings (SSSR count). The Balaban J connectivity index is 2.06. The highest BCUT2D eigenvalue weighted by atomic mass is 19.4. The van der Waals surface area contributed by atoms with Crippen molar-refractivity contribution in [3.05, 3.63) is 69.5 Å². The van der Waals surface area contributed by atoms with Crippen molar-refractivity contribution in [2.24, 2.45) is 5.73 Å². The molecule has 0 bridgehead atoms. The van der Waals surface area contributed by atoms with Crippen LogP contribution in [0.15, 0.2) is 35.4 Å². The number of nitrogens with two attached hydrogens (primary N) is 1. The second-order valence-corrected chi connectivity index (χ2v) is 10.3. The Kier molecular flexibility index (Phi) is 7.82. The van der Waals surface area contributed by atoms with Gasteiger partial charge in [-0.05, 0) is 27.0 Å². The summed E-state index contributed by atoms with van der Waals surface area (Å²) in [7, 11) is 4.91. The van der Waals surface area contributed by atoms with E-state index in [0.29, 0.717) is 10.8 Å². The molecule has 1 aromatic carbocycles. The van der Waals surface area contributed by atoms with Crippen molar-refractivity contribution < 1.29 is 31.1 Å². The molecule has 0 saturated carbocycles. The van der Waals surface area contributed by atoms with E-state index in [0.717, 1.165) is 18.3 Å². The molecule has 3 heterocycles. The van der Waals surface area contributed by atoms with Crippen LogP contribution in [0.3, 0.4) is 0 Å². The largest absolute Gasteiger partial charge is 0.417 e. The number of piperazine rings is 1. The smallest absolute Gasteiger partial charge is 0.367 e. The predicted octanol–water partition coefficient (Wildman–Crippen LogP) is 4.03. The molecule has 1 fully saturated rings. The van der Waals surface area contributed by atoms with E-state index in [9.17, 15) is 27.2 Å². The van der Waals surface area contributed by atoms with Gasteiger partial charge in [-0.3, -0.25) is 19.1 Å². The first-order valence-corrected chi connectivity index (χ1v) is 12.5. The highest BCUT2D eigenvalue weighted by molar-refractivity contribution is 5.94. The maximum Gasteiger partial charge on any atom is 0.417 e. The van der Waals surface area contributed by atoms with Crippen LogP contribution >= 0.6 is 0 Å². The molecule has 1 saturated heterocycles. The molecule has 1 aliphatic heterocycles. The van der Waals surface area contributed by atoms with Gasteiger partial charge in [0.1, 0.15) is 11.5 Å². The maximum atomic E-state index is 16.5. The first-order valence-electron chi connectivity index (χ1n) is 12.5. The van der Waals surface area contributed by atoms with Gasteiger partial charge in [0, 0.05) is 69.4 Å². The molecular weight excluding hydrogens is 554 g/mol. The van der Waals surface area contributed by atoms with Crippen molar-refractivity contribution in [1.29, 1.82) is 0 Å². The molecule has 2 atom stereocenters. The molecule has 41 heavy (non-hydrogen) atoms. The van der Waals surface area contributed by atoms with Crippen LogP contribution in [0.25, 0.3) is 16.8 Å². The van der Waals surface area contributed by atoms with E-state index in [1.165, 1.54) is 19.0 Å². The van der Waals surface area contributed by atoms with Crippen LogP contribution in [-0.4, -0.2) is 66.7 Å². The Labute approximate surface area is 231 Å². The third kappa shape index (κ3) is 5.47. The lowest BCUT2D eigenvalue weighted by Gasteiger charge is -2.44. The molecule has 2 aromatic heterocycles. The van der Waals surface area contributed by atoms with Gasteiger partial charge in [0.05, 0.1) is 22.4 Å². The fraction of sp³-hybridized carbons (Fsp3) is 0.370. The van der Waals surface area contributed by atoms with E-state index in [2.05, 4.69) is 4.98 Å². The summed E-state index contributed by atoms with van der Waals surface area (Å²) in [4.78, 5) is 34.0. The number of amides is 1. The van der Waals surface area contributed by atoms with E-state index >= 15 is 8.78 Å². The zero-order valence-corrected chi connectivity index (χ0v) is 22.9. The molecule has 1 aliphatic rings. The molecule has 0 unspecified atom stereocenters. The summed E-state index contributed by atoms with van der Waals surface area (Å²) in [5, 5.41) is 0. The molecule has 14 heteroatoms. The molecule has 0 aliphatic carbocycles. The Morgan fingerprint density at radius 1 is 1.05 bits per heavy atom. The minimum Gasteiger partial charge on any atom is -0.367 e. The van der Waals surface area contributed by atoms with Crippen LogP contribution in [0, 0.1) is 17.5 Å². The summed E-state index contributed by atoms with van der Waals surface area (Å²) in [6, 6.07) is 1.70. The van der Waals surface area contributed by atoms with Gasteiger partial charge < -0.3 is 15.5 Å². The molecule has 8 nitrogen and oxygen atoms in total. The number of hydrogen-bond donors (Lipinski definition) is 1. The molecule has 220 valence electrons. The van der Waals surface area contributed by atoms with Crippen molar-refractivity contribution in [1.82, 2.24) is 14.5 Å². The van der Waals surface area contributed by atoms with E-state index < -0.39 is 57.5 Å². The Bertz CT molecular complexity index is 1560. The second-order valence-electron chi connectivity index (χ2n) is 10.3. The van der Waals surface area contributed by atoms with Crippen molar-refractivity contribution >= 4 is 17.4 Å². The molecule has 1 amide bonds. The molecular formula is C27H28F6N6O2. The minimum absolute atomic E-state index is 0.100. The van der Waals surface area contributed by atoms with Gasteiger partial charge in [-0.2, -0.15) is 13.2 Å². The Hall–Kier alpha value is -4.07. The number of anilines is 2. The molecule has 0 spiro atoms. The lowest BCUT2D eigenvalue weighted by atomic mass is 10.0. The normalized spacial score (nSPS) is 18.1. The number of aromatic nitrogens is 2.